The van der Waals surface area contributed by atoms with Crippen molar-refractivity contribution in [3.05, 3.63) is 66.4 Å². The molecule has 3 aromatic carbocycles. The van der Waals surface area contributed by atoms with Gasteiger partial charge in [-0.25, -0.2) is 0 Å². The molecule has 1 aliphatic rings. The van der Waals surface area contributed by atoms with Crippen molar-refractivity contribution in [3.8, 4) is 11.3 Å². The van der Waals surface area contributed by atoms with Gasteiger partial charge in [-0.15, -0.1) is 0 Å². The minimum Gasteiger partial charge on any atom is -0.256 e. The van der Waals surface area contributed by atoms with Crippen molar-refractivity contribution in [2.24, 2.45) is 5.41 Å². The average molecular weight is 356 g/mol. The van der Waals surface area contributed by atoms with Crippen molar-refractivity contribution in [1.29, 1.82) is 0 Å². The largest absolute Gasteiger partial charge is 0.256 e. The van der Waals surface area contributed by atoms with Gasteiger partial charge < -0.3 is 0 Å². The van der Waals surface area contributed by atoms with Crippen LogP contribution in [0.1, 0.15) is 26.3 Å². The molecule has 1 aliphatic heterocycles. The first-order chi connectivity index (χ1) is 12.5. The van der Waals surface area contributed by atoms with Crippen LogP contribution in [0.3, 0.4) is 0 Å². The monoisotopic (exact) mass is 355 g/mol. The Kier molecular flexibility index (Phi) is 3.42. The second-order valence-electron chi connectivity index (χ2n) is 8.31. The van der Waals surface area contributed by atoms with Crippen molar-refractivity contribution < 1.29 is 0 Å². The molecule has 1 nitrogen and oxygen atoms in total. The Balaban J connectivity index is 1.90. The molecule has 0 bridgehead atoms. The molecule has 0 saturated carbocycles. The predicted octanol–water partition coefficient (Wildman–Crippen LogP) is 7.11. The molecule has 128 valence electrons. The first-order valence-corrected chi connectivity index (χ1v) is 9.93. The Labute approximate surface area is 158 Å². The molecular weight excluding hydrogens is 334 g/mol. The Hall–Kier alpha value is -2.32. The zero-order chi connectivity index (χ0) is 17.9. The molecule has 0 atom stereocenters. The minimum atomic E-state index is 0.231. The van der Waals surface area contributed by atoms with Crippen LogP contribution in [0.4, 0.5) is 0 Å². The summed E-state index contributed by atoms with van der Waals surface area (Å²) in [5.74, 6) is 0. The summed E-state index contributed by atoms with van der Waals surface area (Å²) >= 11 is 1.92. The maximum absolute atomic E-state index is 4.81. The van der Waals surface area contributed by atoms with Gasteiger partial charge in [-0.1, -0.05) is 68.9 Å². The van der Waals surface area contributed by atoms with Crippen LogP contribution in [-0.2, 0) is 6.42 Å². The standard InChI is InChI=1S/C24H21NS/c1-24(2,3)14-19-17-9-5-4-7-16(17)13-18-22-21-15(11-12-25-22)8-6-10-20(21)26-23(18)19/h4-13H,14H2,1-3H3. The van der Waals surface area contributed by atoms with E-state index in [4.69, 9.17) is 4.98 Å². The third-order valence-electron chi connectivity index (χ3n) is 5.03. The molecular formula is C24H21NS. The third kappa shape index (κ3) is 2.44. The highest BCUT2D eigenvalue weighted by atomic mass is 32.2. The number of aromatic nitrogens is 1. The lowest BCUT2D eigenvalue weighted by Crippen LogP contribution is -2.11. The van der Waals surface area contributed by atoms with Crippen LogP contribution in [0.15, 0.2) is 70.6 Å². The Bertz CT molecular complexity index is 1160. The number of fused-ring (bicyclic) bond motifs is 3. The zero-order valence-corrected chi connectivity index (χ0v) is 16.2. The summed E-state index contributed by atoms with van der Waals surface area (Å²) in [5, 5.41) is 5.25. The number of hydrogen-bond donors (Lipinski definition) is 0. The zero-order valence-electron chi connectivity index (χ0n) is 15.3. The molecule has 0 fully saturated rings. The number of nitrogens with zero attached hydrogens (tertiary/aromatic N) is 1. The van der Waals surface area contributed by atoms with Crippen LogP contribution < -0.4 is 0 Å². The molecule has 0 amide bonds. The van der Waals surface area contributed by atoms with Crippen molar-refractivity contribution in [1.82, 2.24) is 4.98 Å². The highest BCUT2D eigenvalue weighted by Crippen LogP contribution is 2.50. The molecule has 0 unspecified atom stereocenters. The molecule has 5 rings (SSSR count). The van der Waals surface area contributed by atoms with Gasteiger partial charge in [0, 0.05) is 26.9 Å². The van der Waals surface area contributed by atoms with Crippen LogP contribution in [0, 0.1) is 5.41 Å². The van der Waals surface area contributed by atoms with Gasteiger partial charge in [0.15, 0.2) is 0 Å². The first-order valence-electron chi connectivity index (χ1n) is 9.12. The average Bonchev–Trinajstić information content (AvgIpc) is 2.62. The maximum atomic E-state index is 4.81. The maximum Gasteiger partial charge on any atom is 0.0803 e. The number of hydrogen-bond acceptors (Lipinski definition) is 2. The van der Waals surface area contributed by atoms with Crippen LogP contribution >= 0.6 is 11.8 Å². The van der Waals surface area contributed by atoms with Crippen LogP contribution in [0.5, 0.6) is 0 Å². The van der Waals surface area contributed by atoms with E-state index in [1.165, 1.54) is 42.5 Å². The quantitative estimate of drug-likeness (QED) is 0.318. The van der Waals surface area contributed by atoms with E-state index in [2.05, 4.69) is 75.4 Å². The van der Waals surface area contributed by atoms with Crippen molar-refractivity contribution in [3.63, 3.8) is 0 Å². The van der Waals surface area contributed by atoms with Crippen molar-refractivity contribution in [2.45, 2.75) is 37.0 Å². The van der Waals surface area contributed by atoms with E-state index in [0.717, 1.165) is 12.1 Å². The van der Waals surface area contributed by atoms with Crippen molar-refractivity contribution >= 4 is 33.3 Å². The van der Waals surface area contributed by atoms with E-state index >= 15 is 0 Å². The van der Waals surface area contributed by atoms with E-state index < -0.39 is 0 Å². The van der Waals surface area contributed by atoms with Gasteiger partial charge in [0.25, 0.3) is 0 Å². The highest BCUT2D eigenvalue weighted by molar-refractivity contribution is 7.99. The van der Waals surface area contributed by atoms with E-state index in [0.29, 0.717) is 0 Å². The second-order valence-corrected chi connectivity index (χ2v) is 9.36. The highest BCUT2D eigenvalue weighted by Gasteiger charge is 2.26. The van der Waals surface area contributed by atoms with E-state index in [9.17, 15) is 0 Å². The molecule has 2 heteroatoms. The molecule has 2 heterocycles. The summed E-state index contributed by atoms with van der Waals surface area (Å²) in [4.78, 5) is 7.52. The van der Waals surface area contributed by atoms with Gasteiger partial charge in [0.1, 0.15) is 0 Å². The number of rotatable bonds is 1. The summed E-state index contributed by atoms with van der Waals surface area (Å²) < 4.78 is 0. The summed E-state index contributed by atoms with van der Waals surface area (Å²) in [6.45, 7) is 6.96. The third-order valence-corrected chi connectivity index (χ3v) is 6.26. The van der Waals surface area contributed by atoms with Gasteiger partial charge in [-0.2, -0.15) is 0 Å². The van der Waals surface area contributed by atoms with E-state index in [-0.39, 0.29) is 5.41 Å². The van der Waals surface area contributed by atoms with E-state index in [1.54, 1.807) is 0 Å². The lowest BCUT2D eigenvalue weighted by molar-refractivity contribution is 0.410. The molecule has 0 aliphatic carbocycles. The number of pyridine rings is 1. The molecule has 0 saturated heterocycles. The fraction of sp³-hybridized carbons (Fsp3) is 0.208. The normalized spacial score (nSPS) is 13.2. The lowest BCUT2D eigenvalue weighted by Gasteiger charge is -2.27. The fourth-order valence-electron chi connectivity index (χ4n) is 4.00. The van der Waals surface area contributed by atoms with Crippen LogP contribution in [0.25, 0.3) is 32.8 Å². The van der Waals surface area contributed by atoms with Crippen LogP contribution in [0.2, 0.25) is 0 Å². The first kappa shape index (κ1) is 15.9. The number of benzene rings is 3. The van der Waals surface area contributed by atoms with Crippen molar-refractivity contribution in [2.75, 3.05) is 0 Å². The molecule has 0 radical (unpaired) electrons. The van der Waals surface area contributed by atoms with Gasteiger partial charge in [0.05, 0.1) is 5.69 Å². The smallest absolute Gasteiger partial charge is 0.0803 e. The molecule has 4 aromatic rings. The fourth-order valence-corrected chi connectivity index (χ4v) is 5.25. The Morgan fingerprint density at radius 3 is 2.58 bits per heavy atom. The summed E-state index contributed by atoms with van der Waals surface area (Å²) in [7, 11) is 0. The van der Waals surface area contributed by atoms with Crippen LogP contribution in [-0.4, -0.2) is 4.98 Å². The Morgan fingerprint density at radius 2 is 1.73 bits per heavy atom. The molecule has 26 heavy (non-hydrogen) atoms. The molecule has 0 N–H and O–H groups in total. The van der Waals surface area contributed by atoms with E-state index in [1.807, 2.05) is 18.0 Å². The Morgan fingerprint density at radius 1 is 0.923 bits per heavy atom. The summed E-state index contributed by atoms with van der Waals surface area (Å²) in [6, 6.07) is 19.8. The second kappa shape index (κ2) is 5.59. The predicted molar refractivity (Wildman–Crippen MR) is 112 cm³/mol. The molecule has 0 spiro atoms. The summed E-state index contributed by atoms with van der Waals surface area (Å²) in [5.41, 5.74) is 4.11. The minimum absolute atomic E-state index is 0.231. The summed E-state index contributed by atoms with van der Waals surface area (Å²) in [6.07, 6.45) is 3.00. The molecule has 1 aromatic heterocycles. The van der Waals surface area contributed by atoms with Gasteiger partial charge in [-0.3, -0.25) is 4.98 Å². The SMILES string of the molecule is CC(C)(C)Cc1c2c(cc3ccccc13)-c1nccc3cccc(c13)S2. The van der Waals surface area contributed by atoms with Gasteiger partial charge in [0.2, 0.25) is 0 Å². The van der Waals surface area contributed by atoms with Gasteiger partial charge in [-0.05, 0) is 51.8 Å². The van der Waals surface area contributed by atoms with Gasteiger partial charge >= 0.3 is 0 Å². The topological polar surface area (TPSA) is 12.9 Å². The lowest BCUT2D eigenvalue weighted by atomic mass is 9.84.